The van der Waals surface area contributed by atoms with Crippen molar-refractivity contribution in [1.82, 2.24) is 5.32 Å². The largest absolute Gasteiger partial charge is 0.348 e. The number of halogens is 2. The Hall–Kier alpha value is -2.72. The van der Waals surface area contributed by atoms with Gasteiger partial charge in [0.25, 0.3) is 5.91 Å². The second-order valence-electron chi connectivity index (χ2n) is 7.04. The number of hydrogen-bond acceptors (Lipinski definition) is 4. The number of anilines is 1. The molecule has 0 bridgehead atoms. The fraction of sp³-hybridized carbons (Fsp3) is 0.208. The molecule has 8 heteroatoms. The Morgan fingerprint density at radius 2 is 1.91 bits per heavy atom. The van der Waals surface area contributed by atoms with Gasteiger partial charge in [0.2, 0.25) is 5.91 Å². The lowest BCUT2D eigenvalue weighted by atomic mass is 10.1. The van der Waals surface area contributed by atoms with Crippen LogP contribution in [-0.4, -0.2) is 23.6 Å². The second kappa shape index (κ2) is 10.7. The molecule has 2 amide bonds. The number of rotatable bonds is 7. The van der Waals surface area contributed by atoms with E-state index in [-0.39, 0.29) is 18.0 Å². The monoisotopic (exact) mass is 485 g/mol. The first-order chi connectivity index (χ1) is 15.4. The lowest BCUT2D eigenvalue weighted by Gasteiger charge is -2.19. The molecule has 1 saturated heterocycles. The molecule has 0 aliphatic carbocycles. The predicted octanol–water partition coefficient (Wildman–Crippen LogP) is 5.28. The summed E-state index contributed by atoms with van der Waals surface area (Å²) in [6.07, 6.45) is 2.76. The van der Waals surface area contributed by atoms with E-state index in [1.807, 2.05) is 43.3 Å². The Balaban J connectivity index is 2.02. The number of nitrogens with zero attached hydrogens (tertiary/aromatic N) is 2. The molecule has 0 saturated carbocycles. The number of hydrogen-bond donors (Lipinski definition) is 1. The maximum Gasteiger partial charge on any atom is 0.264 e. The Labute approximate surface area is 201 Å². The number of carbonyl (C=O) groups is 2. The van der Waals surface area contributed by atoms with Crippen molar-refractivity contribution in [2.45, 2.75) is 25.0 Å². The number of thioether (sulfide) groups is 1. The third-order valence-electron chi connectivity index (χ3n) is 4.92. The molecule has 32 heavy (non-hydrogen) atoms. The van der Waals surface area contributed by atoms with Gasteiger partial charge >= 0.3 is 0 Å². The quantitative estimate of drug-likeness (QED) is 0.328. The van der Waals surface area contributed by atoms with Crippen LogP contribution in [0.3, 0.4) is 0 Å². The number of aryl methyl sites for hydroxylation is 1. The topological polar surface area (TPSA) is 73.2 Å². The molecular formula is C24H21Cl2N3O2S. The Bertz CT molecular complexity index is 1120. The van der Waals surface area contributed by atoms with Crippen molar-refractivity contribution in [2.75, 3.05) is 11.4 Å². The Morgan fingerprint density at radius 3 is 2.50 bits per heavy atom. The van der Waals surface area contributed by atoms with E-state index in [1.54, 1.807) is 12.1 Å². The molecule has 2 aromatic carbocycles. The maximum absolute atomic E-state index is 13.4. The van der Waals surface area contributed by atoms with Crippen LogP contribution in [0.25, 0.3) is 0 Å². The summed E-state index contributed by atoms with van der Waals surface area (Å²) >= 11 is 13.3. The number of carbonyl (C=O) groups excluding carboxylic acids is 2. The standard InChI is InChI=1S/C24H21Cl2N3O2S/c1-3-11-28-22(30)18(14-27)24-29(17-8-5-15(4-2)6-9-17)23(31)21(32-24)13-16-7-10-19(25)20(26)12-16/h3,5-10,12,21H,1,4,11,13H2,2H3,(H,28,30)/b24-18-. The zero-order valence-corrected chi connectivity index (χ0v) is 19.7. The summed E-state index contributed by atoms with van der Waals surface area (Å²) in [6.45, 7) is 5.83. The van der Waals surface area contributed by atoms with Gasteiger partial charge < -0.3 is 5.32 Å². The van der Waals surface area contributed by atoms with E-state index in [0.717, 1.165) is 17.5 Å². The average Bonchev–Trinajstić information content (AvgIpc) is 3.10. The first-order valence-corrected chi connectivity index (χ1v) is 11.6. The fourth-order valence-corrected chi connectivity index (χ4v) is 4.87. The second-order valence-corrected chi connectivity index (χ2v) is 9.05. The minimum Gasteiger partial charge on any atom is -0.348 e. The highest BCUT2D eigenvalue weighted by atomic mass is 35.5. The van der Waals surface area contributed by atoms with Gasteiger partial charge in [-0.1, -0.05) is 66.2 Å². The van der Waals surface area contributed by atoms with Crippen molar-refractivity contribution in [2.24, 2.45) is 0 Å². The van der Waals surface area contributed by atoms with E-state index < -0.39 is 11.2 Å². The molecule has 164 valence electrons. The highest BCUT2D eigenvalue weighted by Crippen LogP contribution is 2.42. The normalized spacial score (nSPS) is 17.1. The van der Waals surface area contributed by atoms with Crippen molar-refractivity contribution >= 4 is 52.5 Å². The summed E-state index contributed by atoms with van der Waals surface area (Å²) in [7, 11) is 0. The van der Waals surface area contributed by atoms with E-state index >= 15 is 0 Å². The van der Waals surface area contributed by atoms with Gasteiger partial charge in [0.05, 0.1) is 15.3 Å². The van der Waals surface area contributed by atoms with Crippen LogP contribution in [0.2, 0.25) is 10.0 Å². The summed E-state index contributed by atoms with van der Waals surface area (Å²) in [6, 6.07) is 14.7. The van der Waals surface area contributed by atoms with E-state index in [9.17, 15) is 14.9 Å². The van der Waals surface area contributed by atoms with Crippen LogP contribution in [-0.2, 0) is 22.4 Å². The minimum absolute atomic E-state index is 0.110. The van der Waals surface area contributed by atoms with Crippen molar-refractivity contribution < 1.29 is 9.59 Å². The third-order valence-corrected chi connectivity index (χ3v) is 6.92. The highest BCUT2D eigenvalue weighted by molar-refractivity contribution is 8.05. The lowest BCUT2D eigenvalue weighted by molar-refractivity contribution is -0.117. The summed E-state index contributed by atoms with van der Waals surface area (Å²) in [4.78, 5) is 27.5. The zero-order chi connectivity index (χ0) is 23.3. The summed E-state index contributed by atoms with van der Waals surface area (Å²) in [5.41, 5.74) is 2.45. The first kappa shape index (κ1) is 23.9. The highest BCUT2D eigenvalue weighted by Gasteiger charge is 2.40. The molecule has 2 aromatic rings. The molecule has 1 unspecified atom stereocenters. The fourth-order valence-electron chi connectivity index (χ4n) is 3.24. The van der Waals surface area contributed by atoms with E-state index in [4.69, 9.17) is 23.2 Å². The van der Waals surface area contributed by atoms with Gasteiger partial charge in [-0.05, 0) is 48.2 Å². The molecule has 3 rings (SSSR count). The van der Waals surface area contributed by atoms with Crippen LogP contribution in [0, 0.1) is 11.3 Å². The number of nitrogens with one attached hydrogen (secondary N) is 1. The number of amides is 2. The van der Waals surface area contributed by atoms with Crippen LogP contribution >= 0.6 is 35.0 Å². The molecule has 0 spiro atoms. The van der Waals surface area contributed by atoms with Crippen LogP contribution in [0.4, 0.5) is 5.69 Å². The van der Waals surface area contributed by atoms with Gasteiger partial charge in [-0.2, -0.15) is 5.26 Å². The lowest BCUT2D eigenvalue weighted by Crippen LogP contribution is -2.32. The summed E-state index contributed by atoms with van der Waals surface area (Å²) < 4.78 is 0. The first-order valence-electron chi connectivity index (χ1n) is 9.96. The number of nitriles is 1. The molecule has 1 aliphatic rings. The maximum atomic E-state index is 13.4. The molecule has 1 N–H and O–H groups in total. The van der Waals surface area contributed by atoms with Gasteiger partial charge in [-0.15, -0.1) is 6.58 Å². The van der Waals surface area contributed by atoms with E-state index in [0.29, 0.717) is 27.2 Å². The third kappa shape index (κ3) is 5.18. The Morgan fingerprint density at radius 1 is 1.22 bits per heavy atom. The molecule has 0 aromatic heterocycles. The Kier molecular flexibility index (Phi) is 8.03. The smallest absolute Gasteiger partial charge is 0.264 e. The van der Waals surface area contributed by atoms with Crippen LogP contribution in [0.5, 0.6) is 0 Å². The van der Waals surface area contributed by atoms with E-state index in [2.05, 4.69) is 11.9 Å². The van der Waals surface area contributed by atoms with Gasteiger partial charge in [0, 0.05) is 12.2 Å². The zero-order valence-electron chi connectivity index (χ0n) is 17.4. The van der Waals surface area contributed by atoms with Crippen molar-refractivity contribution in [1.29, 1.82) is 5.26 Å². The molecule has 1 atom stereocenters. The van der Waals surface area contributed by atoms with Crippen molar-refractivity contribution in [3.63, 3.8) is 0 Å². The van der Waals surface area contributed by atoms with Crippen LogP contribution in [0.1, 0.15) is 18.1 Å². The van der Waals surface area contributed by atoms with Gasteiger partial charge in [0.1, 0.15) is 16.7 Å². The molecule has 0 radical (unpaired) electrons. The average molecular weight is 486 g/mol. The predicted molar refractivity (Wildman–Crippen MR) is 131 cm³/mol. The van der Waals surface area contributed by atoms with E-state index in [1.165, 1.54) is 22.7 Å². The SMILES string of the molecule is C=CCNC(=O)/C(C#N)=C1\SC(Cc2ccc(Cl)c(Cl)c2)C(=O)N1c1ccc(CC)cc1. The van der Waals surface area contributed by atoms with Crippen LogP contribution < -0.4 is 10.2 Å². The van der Waals surface area contributed by atoms with Gasteiger partial charge in [0.15, 0.2) is 0 Å². The molecule has 1 aliphatic heterocycles. The summed E-state index contributed by atoms with van der Waals surface area (Å²) in [5.74, 6) is -0.752. The van der Waals surface area contributed by atoms with Crippen molar-refractivity contribution in [3.8, 4) is 6.07 Å². The van der Waals surface area contributed by atoms with Gasteiger partial charge in [-0.25, -0.2) is 0 Å². The van der Waals surface area contributed by atoms with Crippen molar-refractivity contribution in [3.05, 3.63) is 86.9 Å². The van der Waals surface area contributed by atoms with Gasteiger partial charge in [-0.3, -0.25) is 14.5 Å². The van der Waals surface area contributed by atoms with Crippen LogP contribution in [0.15, 0.2) is 65.7 Å². The number of benzene rings is 2. The molecular weight excluding hydrogens is 465 g/mol. The molecule has 1 fully saturated rings. The molecule has 1 heterocycles. The minimum atomic E-state index is -0.548. The molecule has 5 nitrogen and oxygen atoms in total. The summed E-state index contributed by atoms with van der Waals surface area (Å²) in [5, 5.41) is 13.0.